The van der Waals surface area contributed by atoms with Crippen molar-refractivity contribution in [1.82, 2.24) is 14.8 Å². The summed E-state index contributed by atoms with van der Waals surface area (Å²) in [5, 5.41) is 1.24. The molecule has 1 saturated heterocycles. The van der Waals surface area contributed by atoms with E-state index in [9.17, 15) is 0 Å². The van der Waals surface area contributed by atoms with Crippen LogP contribution in [-0.4, -0.2) is 54.1 Å². The molecular weight excluding hydrogens is 414 g/mol. The van der Waals surface area contributed by atoms with Gasteiger partial charge in [0, 0.05) is 60.4 Å². The molecule has 0 bridgehead atoms. The molecule has 0 N–H and O–H groups in total. The van der Waals surface area contributed by atoms with Crippen LogP contribution in [0.25, 0.3) is 11.0 Å². The lowest BCUT2D eigenvalue weighted by Crippen LogP contribution is -2.47. The van der Waals surface area contributed by atoms with Crippen LogP contribution >= 0.6 is 15.9 Å². The van der Waals surface area contributed by atoms with Crippen LogP contribution in [0.2, 0.25) is 0 Å². The number of furan rings is 1. The Bertz CT molecular complexity index is 887. The van der Waals surface area contributed by atoms with Crippen molar-refractivity contribution < 1.29 is 4.42 Å². The first-order valence-electron chi connectivity index (χ1n) is 10.2. The number of halogens is 1. The summed E-state index contributed by atoms with van der Waals surface area (Å²) in [7, 11) is 0. The van der Waals surface area contributed by atoms with Gasteiger partial charge in [0.1, 0.15) is 5.58 Å². The highest BCUT2D eigenvalue weighted by Gasteiger charge is 2.19. The van der Waals surface area contributed by atoms with E-state index in [2.05, 4.69) is 55.8 Å². The van der Waals surface area contributed by atoms with Crippen LogP contribution < -0.4 is 0 Å². The molecule has 3 aromatic rings. The lowest BCUT2D eigenvalue weighted by molar-refractivity contribution is 0.127. The van der Waals surface area contributed by atoms with Crippen molar-refractivity contribution in [3.8, 4) is 0 Å². The lowest BCUT2D eigenvalue weighted by Gasteiger charge is -2.35. The summed E-state index contributed by atoms with van der Waals surface area (Å²) in [6.45, 7) is 9.16. The summed E-state index contributed by atoms with van der Waals surface area (Å²) in [6.07, 6.45) is 6.06. The molecule has 1 aliphatic heterocycles. The number of aromatic nitrogens is 1. The minimum absolute atomic E-state index is 0.487. The standard InChI is InChI=1S/C23H28BrN3O/c1-18(22-6-2-3-9-25-22)16-27-13-11-26(12-14-27)10-4-5-19-17-28-23-8-7-20(24)15-21(19)23/h2-3,6-9,15,17-18H,4-5,10-14,16H2,1H3. The Hall–Kier alpha value is -1.69. The van der Waals surface area contributed by atoms with E-state index in [1.165, 1.54) is 23.1 Å². The van der Waals surface area contributed by atoms with Crippen molar-refractivity contribution in [2.24, 2.45) is 0 Å². The van der Waals surface area contributed by atoms with Gasteiger partial charge >= 0.3 is 0 Å². The molecule has 0 saturated carbocycles. The van der Waals surface area contributed by atoms with E-state index in [1.54, 1.807) is 0 Å². The molecule has 4 nitrogen and oxygen atoms in total. The number of rotatable bonds is 7. The summed E-state index contributed by atoms with van der Waals surface area (Å²) in [4.78, 5) is 9.68. The predicted octanol–water partition coefficient (Wildman–Crippen LogP) is 4.94. The minimum Gasteiger partial charge on any atom is -0.464 e. The summed E-state index contributed by atoms with van der Waals surface area (Å²) in [5.41, 5.74) is 3.50. The van der Waals surface area contributed by atoms with Gasteiger partial charge in [-0.1, -0.05) is 28.9 Å². The monoisotopic (exact) mass is 441 g/mol. The van der Waals surface area contributed by atoms with Gasteiger partial charge in [-0.05, 0) is 55.3 Å². The van der Waals surface area contributed by atoms with Crippen molar-refractivity contribution >= 4 is 26.9 Å². The van der Waals surface area contributed by atoms with Gasteiger partial charge in [0.25, 0.3) is 0 Å². The largest absolute Gasteiger partial charge is 0.464 e. The van der Waals surface area contributed by atoms with Gasteiger partial charge < -0.3 is 14.2 Å². The summed E-state index contributed by atoms with van der Waals surface area (Å²) in [5.74, 6) is 0.487. The van der Waals surface area contributed by atoms with Crippen molar-refractivity contribution in [3.63, 3.8) is 0 Å². The Kier molecular flexibility index (Phi) is 6.45. The Morgan fingerprint density at radius 1 is 1.11 bits per heavy atom. The van der Waals surface area contributed by atoms with Gasteiger partial charge in [-0.2, -0.15) is 0 Å². The highest BCUT2D eigenvalue weighted by Crippen LogP contribution is 2.26. The summed E-state index contributed by atoms with van der Waals surface area (Å²) in [6, 6.07) is 12.4. The average molecular weight is 442 g/mol. The third kappa shape index (κ3) is 4.83. The molecule has 1 aliphatic rings. The van der Waals surface area contributed by atoms with E-state index in [-0.39, 0.29) is 0 Å². The Morgan fingerprint density at radius 2 is 1.93 bits per heavy atom. The average Bonchev–Trinajstić information content (AvgIpc) is 3.12. The smallest absolute Gasteiger partial charge is 0.134 e. The normalized spacial score (nSPS) is 17.2. The zero-order valence-corrected chi connectivity index (χ0v) is 18.1. The van der Waals surface area contributed by atoms with Gasteiger partial charge in [-0.3, -0.25) is 4.98 Å². The number of aryl methyl sites for hydroxylation is 1. The minimum atomic E-state index is 0.487. The van der Waals surface area contributed by atoms with Crippen LogP contribution in [0.5, 0.6) is 0 Å². The van der Waals surface area contributed by atoms with Crippen LogP contribution in [0, 0.1) is 0 Å². The second kappa shape index (κ2) is 9.21. The molecule has 0 radical (unpaired) electrons. The number of hydrogen-bond acceptors (Lipinski definition) is 4. The summed E-state index contributed by atoms with van der Waals surface area (Å²) < 4.78 is 6.80. The lowest BCUT2D eigenvalue weighted by atomic mass is 10.1. The number of hydrogen-bond donors (Lipinski definition) is 0. The van der Waals surface area contributed by atoms with Crippen LogP contribution in [0.4, 0.5) is 0 Å². The molecule has 4 rings (SSSR count). The number of nitrogens with zero attached hydrogens (tertiary/aromatic N) is 3. The molecular formula is C23H28BrN3O. The first-order chi connectivity index (χ1) is 13.7. The van der Waals surface area contributed by atoms with Gasteiger partial charge in [-0.25, -0.2) is 0 Å². The van der Waals surface area contributed by atoms with Gasteiger partial charge in [0.05, 0.1) is 6.26 Å². The Labute approximate surface area is 175 Å². The molecule has 0 aliphatic carbocycles. The molecule has 28 heavy (non-hydrogen) atoms. The second-order valence-electron chi connectivity index (χ2n) is 7.80. The molecule has 0 spiro atoms. The molecule has 148 valence electrons. The molecule has 3 heterocycles. The molecule has 0 amide bonds. The number of pyridine rings is 1. The van der Waals surface area contributed by atoms with E-state index in [0.717, 1.165) is 55.7 Å². The molecule has 1 unspecified atom stereocenters. The first kappa shape index (κ1) is 19.6. The molecule has 5 heteroatoms. The number of benzene rings is 1. The van der Waals surface area contributed by atoms with Gasteiger partial charge in [0.15, 0.2) is 0 Å². The van der Waals surface area contributed by atoms with Crippen LogP contribution in [0.1, 0.15) is 30.5 Å². The van der Waals surface area contributed by atoms with Gasteiger partial charge in [0.2, 0.25) is 0 Å². The predicted molar refractivity (Wildman–Crippen MR) is 118 cm³/mol. The zero-order valence-electron chi connectivity index (χ0n) is 16.5. The third-order valence-corrected chi connectivity index (χ3v) is 6.22. The van der Waals surface area contributed by atoms with Crippen molar-refractivity contribution in [3.05, 3.63) is 64.6 Å². The second-order valence-corrected chi connectivity index (χ2v) is 8.72. The van der Waals surface area contributed by atoms with Crippen molar-refractivity contribution in [1.29, 1.82) is 0 Å². The van der Waals surface area contributed by atoms with E-state index in [0.29, 0.717) is 5.92 Å². The van der Waals surface area contributed by atoms with Crippen LogP contribution in [-0.2, 0) is 6.42 Å². The fraction of sp³-hybridized carbons (Fsp3) is 0.435. The number of fused-ring (bicyclic) bond motifs is 1. The van der Waals surface area contributed by atoms with E-state index >= 15 is 0 Å². The van der Waals surface area contributed by atoms with Crippen molar-refractivity contribution in [2.75, 3.05) is 39.3 Å². The molecule has 1 atom stereocenters. The van der Waals surface area contributed by atoms with E-state index in [1.807, 2.05) is 30.7 Å². The Morgan fingerprint density at radius 3 is 2.71 bits per heavy atom. The maximum atomic E-state index is 5.69. The van der Waals surface area contributed by atoms with Crippen LogP contribution in [0.3, 0.4) is 0 Å². The van der Waals surface area contributed by atoms with Gasteiger partial charge in [-0.15, -0.1) is 0 Å². The molecule has 1 fully saturated rings. The maximum absolute atomic E-state index is 5.69. The van der Waals surface area contributed by atoms with Crippen molar-refractivity contribution in [2.45, 2.75) is 25.7 Å². The summed E-state index contributed by atoms with van der Waals surface area (Å²) >= 11 is 3.56. The SMILES string of the molecule is CC(CN1CCN(CCCc2coc3ccc(Br)cc23)CC1)c1ccccn1. The van der Waals surface area contributed by atoms with Crippen LogP contribution in [0.15, 0.2) is 57.7 Å². The first-order valence-corrected chi connectivity index (χ1v) is 11.0. The molecule has 1 aromatic carbocycles. The van der Waals surface area contributed by atoms with E-state index < -0.39 is 0 Å². The molecule has 2 aromatic heterocycles. The Balaban J connectivity index is 1.21. The quantitative estimate of drug-likeness (QED) is 0.519. The fourth-order valence-corrected chi connectivity index (χ4v) is 4.45. The highest BCUT2D eigenvalue weighted by molar-refractivity contribution is 9.10. The number of piperazine rings is 1. The fourth-order valence-electron chi connectivity index (χ4n) is 4.08. The zero-order chi connectivity index (χ0) is 19.3. The highest BCUT2D eigenvalue weighted by atomic mass is 79.9. The van der Waals surface area contributed by atoms with E-state index in [4.69, 9.17) is 4.42 Å². The third-order valence-electron chi connectivity index (χ3n) is 5.73. The topological polar surface area (TPSA) is 32.5 Å². The maximum Gasteiger partial charge on any atom is 0.134 e.